The maximum absolute atomic E-state index is 12.4. The van der Waals surface area contributed by atoms with Crippen LogP contribution in [0.3, 0.4) is 0 Å². The fraction of sp³-hybridized carbons (Fsp3) is 0.250. The summed E-state index contributed by atoms with van der Waals surface area (Å²) < 4.78 is 5.13. The molecule has 160 valence electrons. The van der Waals surface area contributed by atoms with E-state index in [0.717, 1.165) is 29.2 Å². The van der Waals surface area contributed by atoms with Crippen molar-refractivity contribution in [3.05, 3.63) is 82.0 Å². The molecule has 0 bridgehead atoms. The first-order valence-electron chi connectivity index (χ1n) is 10.2. The highest BCUT2D eigenvalue weighted by Gasteiger charge is 2.28. The molecule has 3 aromatic rings. The average molecular weight is 436 g/mol. The van der Waals surface area contributed by atoms with Crippen molar-refractivity contribution in [3.8, 4) is 5.75 Å². The molecule has 31 heavy (non-hydrogen) atoms. The molecule has 1 aromatic heterocycles. The van der Waals surface area contributed by atoms with Gasteiger partial charge in [-0.15, -0.1) is 11.3 Å². The van der Waals surface area contributed by atoms with E-state index in [-0.39, 0.29) is 12.6 Å². The van der Waals surface area contributed by atoms with Crippen LogP contribution in [-0.4, -0.2) is 32.0 Å². The fourth-order valence-electron chi connectivity index (χ4n) is 3.81. The number of carbonyl (C=O) groups excluding carboxylic acids is 2. The molecule has 2 heterocycles. The van der Waals surface area contributed by atoms with Gasteiger partial charge in [-0.3, -0.25) is 9.59 Å². The smallest absolute Gasteiger partial charge is 0.309 e. The average Bonchev–Trinajstić information content (AvgIpc) is 3.49. The molecule has 0 radical (unpaired) electrons. The Morgan fingerprint density at radius 2 is 1.81 bits per heavy atom. The van der Waals surface area contributed by atoms with Crippen molar-refractivity contribution in [1.29, 1.82) is 0 Å². The topological polar surface area (TPSA) is 70.7 Å². The van der Waals surface area contributed by atoms with Crippen molar-refractivity contribution in [2.75, 3.05) is 25.1 Å². The zero-order valence-corrected chi connectivity index (χ0v) is 18.2. The molecule has 7 heteroatoms. The van der Waals surface area contributed by atoms with Gasteiger partial charge in [0.25, 0.3) is 0 Å². The zero-order chi connectivity index (χ0) is 21.6. The third-order valence-electron chi connectivity index (χ3n) is 5.45. The Morgan fingerprint density at radius 1 is 1.03 bits per heavy atom. The van der Waals surface area contributed by atoms with Crippen LogP contribution in [0.4, 0.5) is 5.69 Å². The van der Waals surface area contributed by atoms with Gasteiger partial charge in [0.2, 0.25) is 0 Å². The standard InChI is InChI=1S/C24H25N3O3S/c1-30-19-10-8-17(9-11-19)15-25-23(28)24(29)26-16-21(22-7-4-14-31-22)27-13-12-18-5-2-3-6-20(18)27/h2-11,14,21H,12-13,15-16H2,1H3,(H,25,28)(H,26,29)/t21-/m1/s1. The summed E-state index contributed by atoms with van der Waals surface area (Å²) in [7, 11) is 1.60. The minimum Gasteiger partial charge on any atom is -0.497 e. The predicted molar refractivity (Wildman–Crippen MR) is 122 cm³/mol. The van der Waals surface area contributed by atoms with Gasteiger partial charge >= 0.3 is 11.8 Å². The van der Waals surface area contributed by atoms with Gasteiger partial charge in [0.15, 0.2) is 0 Å². The van der Waals surface area contributed by atoms with Gasteiger partial charge in [-0.1, -0.05) is 36.4 Å². The van der Waals surface area contributed by atoms with Gasteiger partial charge in [0.05, 0.1) is 13.2 Å². The van der Waals surface area contributed by atoms with E-state index >= 15 is 0 Å². The molecule has 2 aromatic carbocycles. The minimum atomic E-state index is -0.637. The molecule has 0 spiro atoms. The Labute approximate surface area is 185 Å². The highest BCUT2D eigenvalue weighted by Crippen LogP contribution is 2.36. The van der Waals surface area contributed by atoms with Gasteiger partial charge < -0.3 is 20.3 Å². The Morgan fingerprint density at radius 3 is 2.55 bits per heavy atom. The predicted octanol–water partition coefficient (Wildman–Crippen LogP) is 3.29. The lowest BCUT2D eigenvalue weighted by atomic mass is 10.1. The summed E-state index contributed by atoms with van der Waals surface area (Å²) in [5.74, 6) is -0.513. The minimum absolute atomic E-state index is 0.0120. The number of rotatable bonds is 7. The Balaban J connectivity index is 1.37. The molecule has 1 aliphatic heterocycles. The number of carbonyl (C=O) groups is 2. The molecule has 4 rings (SSSR count). The number of benzene rings is 2. The van der Waals surface area contributed by atoms with Crippen LogP contribution >= 0.6 is 11.3 Å². The van der Waals surface area contributed by atoms with E-state index in [0.29, 0.717) is 6.54 Å². The molecule has 2 N–H and O–H groups in total. The second-order valence-electron chi connectivity index (χ2n) is 7.34. The van der Waals surface area contributed by atoms with Gasteiger partial charge in [0, 0.05) is 30.2 Å². The molecular weight excluding hydrogens is 410 g/mol. The Kier molecular flexibility index (Phi) is 6.52. The van der Waals surface area contributed by atoms with E-state index in [1.54, 1.807) is 18.4 Å². The number of ether oxygens (including phenoxy) is 1. The quantitative estimate of drug-likeness (QED) is 0.559. The van der Waals surface area contributed by atoms with Crippen LogP contribution in [0.2, 0.25) is 0 Å². The first-order chi connectivity index (χ1) is 15.2. The number of nitrogens with one attached hydrogen (secondary N) is 2. The van der Waals surface area contributed by atoms with Crippen LogP contribution in [0.1, 0.15) is 22.0 Å². The van der Waals surface area contributed by atoms with Gasteiger partial charge in [-0.05, 0) is 47.2 Å². The van der Waals surface area contributed by atoms with Crippen LogP contribution in [0.25, 0.3) is 0 Å². The molecule has 0 aliphatic carbocycles. The first-order valence-corrected chi connectivity index (χ1v) is 11.1. The number of fused-ring (bicyclic) bond motifs is 1. The highest BCUT2D eigenvalue weighted by molar-refractivity contribution is 7.10. The van der Waals surface area contributed by atoms with Crippen LogP contribution in [0, 0.1) is 0 Å². The van der Waals surface area contributed by atoms with Gasteiger partial charge in [-0.25, -0.2) is 0 Å². The maximum Gasteiger partial charge on any atom is 0.309 e. The van der Waals surface area contributed by atoms with Crippen LogP contribution in [0.5, 0.6) is 5.75 Å². The molecule has 1 aliphatic rings. The fourth-order valence-corrected chi connectivity index (χ4v) is 4.65. The number of methoxy groups -OCH3 is 1. The second kappa shape index (κ2) is 9.66. The van der Waals surface area contributed by atoms with Crippen molar-refractivity contribution in [2.24, 2.45) is 0 Å². The van der Waals surface area contributed by atoms with E-state index in [1.807, 2.05) is 41.8 Å². The number of hydrogen-bond donors (Lipinski definition) is 2. The zero-order valence-electron chi connectivity index (χ0n) is 17.3. The molecule has 1 atom stereocenters. The molecule has 0 unspecified atom stereocenters. The van der Waals surface area contributed by atoms with Crippen LogP contribution < -0.4 is 20.3 Å². The highest BCUT2D eigenvalue weighted by atomic mass is 32.1. The van der Waals surface area contributed by atoms with Crippen molar-refractivity contribution < 1.29 is 14.3 Å². The first kappa shape index (κ1) is 20.9. The molecule has 0 saturated heterocycles. The third kappa shape index (κ3) is 4.88. The molecular formula is C24H25N3O3S. The lowest BCUT2D eigenvalue weighted by Gasteiger charge is -2.30. The number of thiophene rings is 1. The number of anilines is 1. The normalized spacial score (nSPS) is 13.4. The Hall–Kier alpha value is -3.32. The Bertz CT molecular complexity index is 1030. The summed E-state index contributed by atoms with van der Waals surface area (Å²) in [6, 6.07) is 19.8. The van der Waals surface area contributed by atoms with E-state index < -0.39 is 11.8 Å². The summed E-state index contributed by atoms with van der Waals surface area (Å²) in [6.45, 7) is 1.54. The van der Waals surface area contributed by atoms with E-state index in [4.69, 9.17) is 4.74 Å². The van der Waals surface area contributed by atoms with Gasteiger partial charge in [0.1, 0.15) is 5.75 Å². The number of para-hydroxylation sites is 1. The van der Waals surface area contributed by atoms with Crippen LogP contribution in [-0.2, 0) is 22.6 Å². The summed E-state index contributed by atoms with van der Waals surface area (Å²) in [5.41, 5.74) is 3.40. The summed E-state index contributed by atoms with van der Waals surface area (Å²) >= 11 is 1.66. The van der Waals surface area contributed by atoms with Crippen molar-refractivity contribution in [2.45, 2.75) is 19.0 Å². The molecule has 0 fully saturated rings. The summed E-state index contributed by atoms with van der Waals surface area (Å²) in [4.78, 5) is 28.2. The molecule has 0 saturated carbocycles. The van der Waals surface area contributed by atoms with E-state index in [1.165, 1.54) is 11.3 Å². The second-order valence-corrected chi connectivity index (χ2v) is 8.32. The number of amides is 2. The number of hydrogen-bond acceptors (Lipinski definition) is 5. The molecule has 2 amide bonds. The van der Waals surface area contributed by atoms with Gasteiger partial charge in [-0.2, -0.15) is 0 Å². The lowest BCUT2D eigenvalue weighted by Crippen LogP contribution is -2.43. The van der Waals surface area contributed by atoms with E-state index in [9.17, 15) is 9.59 Å². The van der Waals surface area contributed by atoms with Crippen molar-refractivity contribution >= 4 is 28.8 Å². The monoisotopic (exact) mass is 435 g/mol. The molecule has 6 nitrogen and oxygen atoms in total. The maximum atomic E-state index is 12.4. The number of nitrogens with zero attached hydrogens (tertiary/aromatic N) is 1. The largest absolute Gasteiger partial charge is 0.497 e. The SMILES string of the molecule is COc1ccc(CNC(=O)C(=O)NC[C@H](c2cccs2)N2CCc3ccccc32)cc1. The third-order valence-corrected chi connectivity index (χ3v) is 6.42. The van der Waals surface area contributed by atoms with Crippen molar-refractivity contribution in [1.82, 2.24) is 10.6 Å². The van der Waals surface area contributed by atoms with Crippen LogP contribution in [0.15, 0.2) is 66.0 Å². The van der Waals surface area contributed by atoms with Crippen molar-refractivity contribution in [3.63, 3.8) is 0 Å². The lowest BCUT2D eigenvalue weighted by molar-refractivity contribution is -0.139. The van der Waals surface area contributed by atoms with E-state index in [2.05, 4.69) is 39.8 Å². The summed E-state index contributed by atoms with van der Waals surface area (Å²) in [5, 5.41) is 7.54. The summed E-state index contributed by atoms with van der Waals surface area (Å²) in [6.07, 6.45) is 0.980.